The molecule has 17 heavy (non-hydrogen) atoms. The van der Waals surface area contributed by atoms with Gasteiger partial charge < -0.3 is 5.73 Å². The first-order valence-electron chi connectivity index (χ1n) is 5.18. The Morgan fingerprint density at radius 1 is 1.35 bits per heavy atom. The minimum atomic E-state index is -3.52. The van der Waals surface area contributed by atoms with Gasteiger partial charge in [-0.2, -0.15) is 11.8 Å². The van der Waals surface area contributed by atoms with E-state index in [1.807, 2.05) is 20.1 Å². The number of sulfonamides is 1. The molecule has 0 saturated carbocycles. The number of hydrogen-bond donors (Lipinski definition) is 2. The van der Waals surface area contributed by atoms with Crippen LogP contribution in [0, 0.1) is 0 Å². The molecule has 0 heterocycles. The maximum Gasteiger partial charge on any atom is 0.242 e. The summed E-state index contributed by atoms with van der Waals surface area (Å²) < 4.78 is 26.5. The van der Waals surface area contributed by atoms with Crippen molar-refractivity contribution in [1.29, 1.82) is 0 Å². The van der Waals surface area contributed by atoms with Crippen LogP contribution in [0.5, 0.6) is 0 Å². The minimum absolute atomic E-state index is 0.136. The van der Waals surface area contributed by atoms with Gasteiger partial charge in [-0.05, 0) is 32.2 Å². The van der Waals surface area contributed by atoms with Crippen LogP contribution in [-0.4, -0.2) is 26.0 Å². The quantitative estimate of drug-likeness (QED) is 0.801. The van der Waals surface area contributed by atoms with Gasteiger partial charge in [0, 0.05) is 11.3 Å². The van der Waals surface area contributed by atoms with Crippen LogP contribution in [-0.2, 0) is 10.0 Å². The Morgan fingerprint density at radius 3 is 2.47 bits per heavy atom. The summed E-state index contributed by atoms with van der Waals surface area (Å²) >= 11 is 1.61. The van der Waals surface area contributed by atoms with Crippen molar-refractivity contribution in [1.82, 2.24) is 4.72 Å². The fraction of sp³-hybridized carbons (Fsp3) is 0.455. The van der Waals surface area contributed by atoms with E-state index in [0.717, 1.165) is 0 Å². The fourth-order valence-electron chi connectivity index (χ4n) is 1.14. The molecule has 0 atom stereocenters. The van der Waals surface area contributed by atoms with Crippen molar-refractivity contribution in [3.8, 4) is 0 Å². The van der Waals surface area contributed by atoms with Gasteiger partial charge in [-0.25, -0.2) is 13.1 Å². The molecule has 1 rings (SSSR count). The van der Waals surface area contributed by atoms with E-state index in [4.69, 9.17) is 5.73 Å². The lowest BCUT2D eigenvalue weighted by Gasteiger charge is -2.22. The predicted molar refractivity (Wildman–Crippen MR) is 73.6 cm³/mol. The predicted octanol–water partition coefficient (Wildman–Crippen LogP) is 1.69. The molecule has 0 radical (unpaired) electrons. The molecular weight excluding hydrogens is 256 g/mol. The molecule has 0 aliphatic heterocycles. The van der Waals surface area contributed by atoms with Gasteiger partial charge in [0.1, 0.15) is 4.90 Å². The molecule has 0 aromatic heterocycles. The van der Waals surface area contributed by atoms with Gasteiger partial charge in [0.25, 0.3) is 0 Å². The zero-order valence-electron chi connectivity index (χ0n) is 10.2. The maximum atomic E-state index is 12.0. The number of rotatable bonds is 5. The highest BCUT2D eigenvalue weighted by molar-refractivity contribution is 8.00. The van der Waals surface area contributed by atoms with Gasteiger partial charge in [-0.15, -0.1) is 0 Å². The second-order valence-electron chi connectivity index (χ2n) is 4.33. The van der Waals surface area contributed by atoms with Crippen LogP contribution in [0.15, 0.2) is 29.2 Å². The molecule has 0 aliphatic carbocycles. The van der Waals surface area contributed by atoms with E-state index in [0.29, 0.717) is 6.54 Å². The van der Waals surface area contributed by atoms with Crippen LogP contribution in [0.1, 0.15) is 13.8 Å². The Morgan fingerprint density at radius 2 is 1.94 bits per heavy atom. The molecule has 0 unspecified atom stereocenters. The topological polar surface area (TPSA) is 72.2 Å². The van der Waals surface area contributed by atoms with E-state index in [1.54, 1.807) is 30.0 Å². The normalized spacial score (nSPS) is 12.6. The Kier molecular flexibility index (Phi) is 4.46. The number of hydrogen-bond acceptors (Lipinski definition) is 4. The van der Waals surface area contributed by atoms with Crippen LogP contribution >= 0.6 is 11.8 Å². The summed E-state index contributed by atoms with van der Waals surface area (Å²) in [6, 6.07) is 6.45. The fourth-order valence-corrected chi connectivity index (χ4v) is 2.79. The molecular formula is C11H18N2O2S2. The second kappa shape index (κ2) is 5.29. The molecule has 3 N–H and O–H groups in total. The zero-order chi connectivity index (χ0) is 13.1. The van der Waals surface area contributed by atoms with Crippen LogP contribution in [0.2, 0.25) is 0 Å². The number of thioether (sulfide) groups is 1. The Labute approximate surface area is 107 Å². The van der Waals surface area contributed by atoms with E-state index in [2.05, 4.69) is 4.72 Å². The molecule has 4 nitrogen and oxygen atoms in total. The van der Waals surface area contributed by atoms with E-state index in [-0.39, 0.29) is 15.3 Å². The summed E-state index contributed by atoms with van der Waals surface area (Å²) in [5.74, 6) is 0. The maximum absolute atomic E-state index is 12.0. The highest BCUT2D eigenvalue weighted by Crippen LogP contribution is 2.22. The Bertz CT molecular complexity index is 484. The number of para-hydroxylation sites is 1. The van der Waals surface area contributed by atoms with Crippen molar-refractivity contribution in [3.05, 3.63) is 24.3 Å². The molecule has 0 spiro atoms. The Balaban J connectivity index is 2.88. The molecule has 0 saturated heterocycles. The van der Waals surface area contributed by atoms with Crippen molar-refractivity contribution < 1.29 is 8.42 Å². The standard InChI is InChI=1S/C11H18N2O2S2/c1-11(2,16-3)8-13-17(14,15)10-7-5-4-6-9(10)12/h4-7,13H,8,12H2,1-3H3. The SMILES string of the molecule is CSC(C)(C)CNS(=O)(=O)c1ccccc1N. The minimum Gasteiger partial charge on any atom is -0.398 e. The summed E-state index contributed by atoms with van der Waals surface area (Å²) in [5.41, 5.74) is 5.92. The lowest BCUT2D eigenvalue weighted by molar-refractivity contribution is 0.571. The first kappa shape index (κ1) is 14.3. The van der Waals surface area contributed by atoms with Crippen molar-refractivity contribution >= 4 is 27.5 Å². The molecule has 0 amide bonds. The third-order valence-corrected chi connectivity index (χ3v) is 5.17. The summed E-state index contributed by atoms with van der Waals surface area (Å²) in [6.07, 6.45) is 1.95. The summed E-state index contributed by atoms with van der Waals surface area (Å²) in [6.45, 7) is 4.33. The van der Waals surface area contributed by atoms with E-state index in [9.17, 15) is 8.42 Å². The number of nitrogen functional groups attached to an aromatic ring is 1. The van der Waals surface area contributed by atoms with Crippen molar-refractivity contribution in [2.75, 3.05) is 18.5 Å². The van der Waals surface area contributed by atoms with Gasteiger partial charge in [-0.3, -0.25) is 0 Å². The zero-order valence-corrected chi connectivity index (χ0v) is 11.9. The van der Waals surface area contributed by atoms with E-state index < -0.39 is 10.0 Å². The van der Waals surface area contributed by atoms with Gasteiger partial charge >= 0.3 is 0 Å². The average molecular weight is 274 g/mol. The van der Waals surface area contributed by atoms with Crippen LogP contribution in [0.4, 0.5) is 5.69 Å². The average Bonchev–Trinajstić information content (AvgIpc) is 2.27. The number of benzene rings is 1. The first-order valence-corrected chi connectivity index (χ1v) is 7.88. The highest BCUT2D eigenvalue weighted by Gasteiger charge is 2.22. The monoisotopic (exact) mass is 274 g/mol. The molecule has 0 bridgehead atoms. The van der Waals surface area contributed by atoms with Gasteiger partial charge in [0.15, 0.2) is 0 Å². The second-order valence-corrected chi connectivity index (χ2v) is 7.57. The number of nitrogens with one attached hydrogen (secondary N) is 1. The van der Waals surface area contributed by atoms with Gasteiger partial charge in [-0.1, -0.05) is 12.1 Å². The van der Waals surface area contributed by atoms with Crippen LogP contribution in [0.3, 0.4) is 0 Å². The molecule has 1 aromatic carbocycles. The largest absolute Gasteiger partial charge is 0.398 e. The smallest absolute Gasteiger partial charge is 0.242 e. The summed E-state index contributed by atoms with van der Waals surface area (Å²) in [7, 11) is -3.52. The van der Waals surface area contributed by atoms with E-state index in [1.165, 1.54) is 6.07 Å². The van der Waals surface area contributed by atoms with Crippen molar-refractivity contribution in [2.24, 2.45) is 0 Å². The third kappa shape index (κ3) is 3.90. The van der Waals surface area contributed by atoms with Crippen LogP contribution in [0.25, 0.3) is 0 Å². The Hall–Kier alpha value is -0.720. The first-order chi connectivity index (χ1) is 7.78. The molecule has 96 valence electrons. The highest BCUT2D eigenvalue weighted by atomic mass is 32.2. The number of nitrogens with two attached hydrogens (primary N) is 1. The lowest BCUT2D eigenvalue weighted by Crippen LogP contribution is -2.36. The summed E-state index contributed by atoms with van der Waals surface area (Å²) in [5, 5.41) is 0. The van der Waals surface area contributed by atoms with Gasteiger partial charge in [0.2, 0.25) is 10.0 Å². The van der Waals surface area contributed by atoms with Crippen molar-refractivity contribution in [2.45, 2.75) is 23.5 Å². The van der Waals surface area contributed by atoms with Crippen molar-refractivity contribution in [3.63, 3.8) is 0 Å². The molecule has 0 aliphatic rings. The molecule has 6 heteroatoms. The van der Waals surface area contributed by atoms with Gasteiger partial charge in [0.05, 0.1) is 5.69 Å². The number of anilines is 1. The third-order valence-electron chi connectivity index (χ3n) is 2.45. The van der Waals surface area contributed by atoms with Crippen LogP contribution < -0.4 is 10.5 Å². The molecule has 1 aromatic rings. The lowest BCUT2D eigenvalue weighted by atomic mass is 10.2. The van der Waals surface area contributed by atoms with E-state index >= 15 is 0 Å². The summed E-state index contributed by atoms with van der Waals surface area (Å²) in [4.78, 5) is 0.136. The molecule has 0 fully saturated rings.